The van der Waals surface area contributed by atoms with Gasteiger partial charge in [0, 0.05) is 11.6 Å². The number of halogens is 3. The number of carbonyl (C=O) groups excluding carboxylic acids is 1. The van der Waals surface area contributed by atoms with Crippen LogP contribution in [0.1, 0.15) is 48.9 Å². The quantitative estimate of drug-likeness (QED) is 0.861. The Bertz CT molecular complexity index is 732. The molecular weight excluding hydrogens is 331 g/mol. The van der Waals surface area contributed by atoms with Gasteiger partial charge in [0.15, 0.2) is 0 Å². The van der Waals surface area contributed by atoms with Crippen LogP contribution >= 0.6 is 0 Å². The summed E-state index contributed by atoms with van der Waals surface area (Å²) in [5.74, 6) is -1.08. The zero-order valence-electron chi connectivity index (χ0n) is 13.9. The number of benzene rings is 1. The van der Waals surface area contributed by atoms with Crippen molar-refractivity contribution in [1.82, 2.24) is 15.3 Å². The maximum absolute atomic E-state index is 13.0. The fourth-order valence-corrected chi connectivity index (χ4v) is 3.14. The van der Waals surface area contributed by atoms with Crippen molar-refractivity contribution >= 4 is 5.91 Å². The number of alkyl halides is 3. The molecular formula is C18H20F3N3O. The molecule has 4 nitrogen and oxygen atoms in total. The van der Waals surface area contributed by atoms with E-state index in [4.69, 9.17) is 0 Å². The largest absolute Gasteiger partial charge is 0.449 e. The molecule has 1 aromatic heterocycles. The number of amides is 1. The first kappa shape index (κ1) is 17.5. The highest BCUT2D eigenvalue weighted by molar-refractivity contribution is 5.98. The predicted octanol–water partition coefficient (Wildman–Crippen LogP) is 4.40. The maximum atomic E-state index is 13.0. The highest BCUT2D eigenvalue weighted by Gasteiger charge is 2.37. The lowest BCUT2D eigenvalue weighted by molar-refractivity contribution is -0.144. The van der Waals surface area contributed by atoms with Crippen LogP contribution in [-0.2, 0) is 6.18 Å². The Hall–Kier alpha value is -2.31. The van der Waals surface area contributed by atoms with E-state index in [2.05, 4.69) is 22.2 Å². The van der Waals surface area contributed by atoms with E-state index in [0.29, 0.717) is 11.5 Å². The molecule has 1 saturated carbocycles. The van der Waals surface area contributed by atoms with Gasteiger partial charge in [-0.15, -0.1) is 0 Å². The summed E-state index contributed by atoms with van der Waals surface area (Å²) in [6.45, 7) is 2.16. The Morgan fingerprint density at radius 3 is 2.40 bits per heavy atom. The lowest BCUT2D eigenvalue weighted by Gasteiger charge is -2.26. The number of nitrogens with zero attached hydrogens (tertiary/aromatic N) is 1. The average molecular weight is 351 g/mol. The molecule has 7 heteroatoms. The second-order valence-corrected chi connectivity index (χ2v) is 6.60. The number of hydrogen-bond donors (Lipinski definition) is 2. The van der Waals surface area contributed by atoms with Crippen molar-refractivity contribution < 1.29 is 18.0 Å². The maximum Gasteiger partial charge on any atom is 0.449 e. The predicted molar refractivity (Wildman–Crippen MR) is 87.9 cm³/mol. The average Bonchev–Trinajstić information content (AvgIpc) is 3.03. The number of H-pyrrole nitrogens is 1. The molecule has 1 aromatic carbocycles. The second-order valence-electron chi connectivity index (χ2n) is 6.60. The molecule has 134 valence electrons. The Balaban J connectivity index is 1.88. The first-order chi connectivity index (χ1) is 11.8. The molecule has 1 aliphatic carbocycles. The normalized spacial score (nSPS) is 21.1. The van der Waals surface area contributed by atoms with E-state index in [1.54, 1.807) is 30.3 Å². The Morgan fingerprint density at radius 2 is 1.80 bits per heavy atom. The fourth-order valence-electron chi connectivity index (χ4n) is 3.14. The van der Waals surface area contributed by atoms with Crippen molar-refractivity contribution in [2.75, 3.05) is 0 Å². The number of nitrogens with one attached hydrogen (secondary N) is 2. The van der Waals surface area contributed by atoms with Gasteiger partial charge in [0.05, 0.1) is 0 Å². The summed E-state index contributed by atoms with van der Waals surface area (Å²) in [4.78, 5) is 18.4. The van der Waals surface area contributed by atoms with Gasteiger partial charge < -0.3 is 10.3 Å². The molecule has 25 heavy (non-hydrogen) atoms. The van der Waals surface area contributed by atoms with Crippen LogP contribution in [0.3, 0.4) is 0 Å². The van der Waals surface area contributed by atoms with Gasteiger partial charge in [-0.2, -0.15) is 13.2 Å². The molecule has 2 aromatic rings. The van der Waals surface area contributed by atoms with Crippen LogP contribution in [0.4, 0.5) is 13.2 Å². The molecule has 1 aliphatic rings. The molecule has 2 N–H and O–H groups in total. The minimum atomic E-state index is -4.64. The van der Waals surface area contributed by atoms with Crippen LogP contribution in [0.15, 0.2) is 30.3 Å². The summed E-state index contributed by atoms with van der Waals surface area (Å²) in [6, 6.07) is 8.40. The van der Waals surface area contributed by atoms with Crippen LogP contribution in [0.25, 0.3) is 11.3 Å². The summed E-state index contributed by atoms with van der Waals surface area (Å²) < 4.78 is 39.1. The van der Waals surface area contributed by atoms with Gasteiger partial charge >= 0.3 is 6.18 Å². The van der Waals surface area contributed by atoms with Crippen LogP contribution in [0, 0.1) is 5.92 Å². The van der Waals surface area contributed by atoms with E-state index in [1.807, 2.05) is 0 Å². The third-order valence-corrected chi connectivity index (χ3v) is 4.60. The lowest BCUT2D eigenvalue weighted by atomic mass is 9.87. The zero-order chi connectivity index (χ0) is 18.0. The van der Waals surface area contributed by atoms with Gasteiger partial charge in [-0.25, -0.2) is 4.98 Å². The van der Waals surface area contributed by atoms with E-state index in [1.165, 1.54) is 0 Å². The smallest absolute Gasteiger partial charge is 0.348 e. The van der Waals surface area contributed by atoms with Crippen molar-refractivity contribution in [1.29, 1.82) is 0 Å². The molecule has 0 unspecified atom stereocenters. The van der Waals surface area contributed by atoms with Gasteiger partial charge in [0.2, 0.25) is 5.82 Å². The van der Waals surface area contributed by atoms with Gasteiger partial charge in [-0.05, 0) is 31.6 Å². The molecule has 0 aliphatic heterocycles. The van der Waals surface area contributed by atoms with Crippen LogP contribution in [-0.4, -0.2) is 21.9 Å². The van der Waals surface area contributed by atoms with Gasteiger partial charge in [0.25, 0.3) is 5.91 Å². The van der Waals surface area contributed by atoms with Crippen molar-refractivity contribution in [2.45, 2.75) is 44.8 Å². The Labute approximate surface area is 143 Å². The van der Waals surface area contributed by atoms with E-state index in [0.717, 1.165) is 25.7 Å². The third-order valence-electron chi connectivity index (χ3n) is 4.60. The van der Waals surface area contributed by atoms with E-state index in [9.17, 15) is 18.0 Å². The first-order valence-corrected chi connectivity index (χ1v) is 8.38. The summed E-state index contributed by atoms with van der Waals surface area (Å²) in [7, 11) is 0. The molecule has 1 fully saturated rings. The molecule has 0 spiro atoms. The Kier molecular flexibility index (Phi) is 4.83. The van der Waals surface area contributed by atoms with Crippen molar-refractivity contribution in [3.63, 3.8) is 0 Å². The fraction of sp³-hybridized carbons (Fsp3) is 0.444. The van der Waals surface area contributed by atoms with Crippen LogP contribution in [0.2, 0.25) is 0 Å². The van der Waals surface area contributed by atoms with E-state index < -0.39 is 17.9 Å². The summed E-state index contributed by atoms with van der Waals surface area (Å²) in [5, 5.41) is 2.85. The first-order valence-electron chi connectivity index (χ1n) is 8.38. The standard InChI is InChI=1S/C18H20F3N3O/c1-11-7-9-13(10-8-11)22-16(25)15-14(12-5-3-2-4-6-12)23-17(24-15)18(19,20)21/h2-6,11,13H,7-10H2,1H3,(H,22,25)(H,23,24). The topological polar surface area (TPSA) is 57.8 Å². The van der Waals surface area contributed by atoms with Crippen molar-refractivity contribution in [2.24, 2.45) is 5.92 Å². The molecule has 0 saturated heterocycles. The summed E-state index contributed by atoms with van der Waals surface area (Å²) in [5.41, 5.74) is 0.350. The van der Waals surface area contributed by atoms with E-state index in [-0.39, 0.29) is 17.4 Å². The number of carbonyl (C=O) groups is 1. The summed E-state index contributed by atoms with van der Waals surface area (Å²) in [6.07, 6.45) is -0.940. The third kappa shape index (κ3) is 4.03. The minimum Gasteiger partial charge on any atom is -0.348 e. The van der Waals surface area contributed by atoms with Gasteiger partial charge in [0.1, 0.15) is 11.4 Å². The molecule has 0 bridgehead atoms. The molecule has 1 amide bonds. The Morgan fingerprint density at radius 1 is 1.16 bits per heavy atom. The monoisotopic (exact) mass is 351 g/mol. The SMILES string of the molecule is CC1CCC(NC(=O)c2[nH]c(C(F)(F)F)nc2-c2ccccc2)CC1. The molecule has 0 atom stereocenters. The highest BCUT2D eigenvalue weighted by Crippen LogP contribution is 2.31. The van der Waals surface area contributed by atoms with Gasteiger partial charge in [-0.1, -0.05) is 37.3 Å². The second kappa shape index (κ2) is 6.90. The number of aromatic amines is 1. The number of imidazole rings is 1. The van der Waals surface area contributed by atoms with Crippen molar-refractivity contribution in [3.8, 4) is 11.3 Å². The number of hydrogen-bond acceptors (Lipinski definition) is 2. The number of rotatable bonds is 3. The minimum absolute atomic E-state index is 0.00930. The number of aromatic nitrogens is 2. The van der Waals surface area contributed by atoms with Crippen LogP contribution in [0.5, 0.6) is 0 Å². The van der Waals surface area contributed by atoms with E-state index >= 15 is 0 Å². The van der Waals surface area contributed by atoms with Crippen molar-refractivity contribution in [3.05, 3.63) is 41.9 Å². The lowest BCUT2D eigenvalue weighted by Crippen LogP contribution is -2.37. The van der Waals surface area contributed by atoms with Gasteiger partial charge in [-0.3, -0.25) is 4.79 Å². The summed E-state index contributed by atoms with van der Waals surface area (Å²) >= 11 is 0. The van der Waals surface area contributed by atoms with Crippen LogP contribution < -0.4 is 5.32 Å². The highest BCUT2D eigenvalue weighted by atomic mass is 19.4. The molecule has 0 radical (unpaired) electrons. The zero-order valence-corrected chi connectivity index (χ0v) is 13.9. The molecule has 1 heterocycles. The molecule has 3 rings (SSSR count).